The van der Waals surface area contributed by atoms with Gasteiger partial charge in [0, 0.05) is 8.95 Å². The van der Waals surface area contributed by atoms with Gasteiger partial charge in [-0.2, -0.15) is 0 Å². The number of anilines is 1. The second-order valence-corrected chi connectivity index (χ2v) is 11.2. The third-order valence-corrected chi connectivity index (χ3v) is 9.42. The number of rotatable bonds is 4. The molecule has 29 heavy (non-hydrogen) atoms. The lowest BCUT2D eigenvalue weighted by molar-refractivity contribution is -0.118. The van der Waals surface area contributed by atoms with Gasteiger partial charge in [0.15, 0.2) is 14.6 Å². The number of fused-ring (bicyclic) bond motifs is 1. The van der Waals surface area contributed by atoms with Crippen LogP contribution in [-0.2, 0) is 14.6 Å². The second kappa shape index (κ2) is 7.85. The molecular formula is C22H19Br2NO3S. The summed E-state index contributed by atoms with van der Waals surface area (Å²) < 4.78 is 27.2. The zero-order valence-corrected chi connectivity index (χ0v) is 19.5. The van der Waals surface area contributed by atoms with E-state index in [1.807, 2.05) is 24.3 Å². The number of benzene rings is 3. The Morgan fingerprint density at radius 2 is 1.62 bits per heavy atom. The molecule has 0 atom stereocenters. The molecule has 0 heterocycles. The van der Waals surface area contributed by atoms with Crippen LogP contribution in [0.1, 0.15) is 25.7 Å². The quantitative estimate of drug-likeness (QED) is 0.439. The number of nitrogens with one attached hydrogen (secondary N) is 1. The first-order valence-electron chi connectivity index (χ1n) is 9.34. The average Bonchev–Trinajstić information content (AvgIpc) is 3.23. The lowest BCUT2D eigenvalue weighted by Crippen LogP contribution is -2.47. The van der Waals surface area contributed by atoms with Crippen LogP contribution in [0.2, 0.25) is 0 Å². The van der Waals surface area contributed by atoms with Gasteiger partial charge in [0.1, 0.15) is 0 Å². The molecule has 4 rings (SSSR count). The molecule has 0 saturated heterocycles. The number of carbonyl (C=O) groups excluding carboxylic acids is 1. The Labute approximate surface area is 186 Å². The molecule has 1 fully saturated rings. The van der Waals surface area contributed by atoms with Crippen LogP contribution in [0, 0.1) is 0 Å². The molecule has 0 unspecified atom stereocenters. The lowest BCUT2D eigenvalue weighted by atomic mass is 10.1. The van der Waals surface area contributed by atoms with E-state index in [4.69, 9.17) is 0 Å². The highest BCUT2D eigenvalue weighted by atomic mass is 79.9. The van der Waals surface area contributed by atoms with Crippen molar-refractivity contribution in [3.8, 4) is 0 Å². The maximum Gasteiger partial charge on any atom is 0.246 e. The largest absolute Gasteiger partial charge is 0.324 e. The van der Waals surface area contributed by atoms with Gasteiger partial charge in [0.2, 0.25) is 5.91 Å². The summed E-state index contributed by atoms with van der Waals surface area (Å²) in [5, 5.41) is 4.85. The fourth-order valence-electron chi connectivity index (χ4n) is 3.98. The first-order chi connectivity index (χ1) is 13.8. The van der Waals surface area contributed by atoms with Crippen molar-refractivity contribution in [3.63, 3.8) is 0 Å². The Morgan fingerprint density at radius 1 is 0.931 bits per heavy atom. The van der Waals surface area contributed by atoms with Crippen molar-refractivity contribution < 1.29 is 13.2 Å². The minimum Gasteiger partial charge on any atom is -0.324 e. The predicted octanol–water partition coefficient (Wildman–Crippen LogP) is 6.09. The van der Waals surface area contributed by atoms with Crippen LogP contribution in [0.15, 0.2) is 74.5 Å². The molecule has 1 amide bonds. The first kappa shape index (κ1) is 20.6. The zero-order valence-electron chi connectivity index (χ0n) is 15.5. The van der Waals surface area contributed by atoms with Gasteiger partial charge in [0.25, 0.3) is 0 Å². The summed E-state index contributed by atoms with van der Waals surface area (Å²) in [6.45, 7) is 0. The van der Waals surface area contributed by atoms with Gasteiger partial charge in [0.05, 0.1) is 10.6 Å². The Hall–Kier alpha value is -1.70. The minimum atomic E-state index is -3.81. The average molecular weight is 537 g/mol. The van der Waals surface area contributed by atoms with Crippen molar-refractivity contribution in [1.82, 2.24) is 0 Å². The molecule has 0 spiro atoms. The van der Waals surface area contributed by atoms with E-state index in [2.05, 4.69) is 37.2 Å². The summed E-state index contributed by atoms with van der Waals surface area (Å²) >= 11 is 7.04. The molecule has 1 aliphatic carbocycles. The smallest absolute Gasteiger partial charge is 0.246 e. The molecule has 0 aliphatic heterocycles. The van der Waals surface area contributed by atoms with Crippen molar-refractivity contribution in [1.29, 1.82) is 0 Å². The maximum atomic E-state index is 13.4. The van der Waals surface area contributed by atoms with Crippen LogP contribution < -0.4 is 5.32 Å². The van der Waals surface area contributed by atoms with E-state index in [0.29, 0.717) is 31.4 Å². The van der Waals surface area contributed by atoms with Crippen LogP contribution in [-0.4, -0.2) is 19.1 Å². The van der Waals surface area contributed by atoms with Crippen LogP contribution in [0.25, 0.3) is 10.8 Å². The van der Waals surface area contributed by atoms with Crippen LogP contribution in [0.5, 0.6) is 0 Å². The van der Waals surface area contributed by atoms with Crippen LogP contribution in [0.3, 0.4) is 0 Å². The molecule has 1 N–H and O–H groups in total. The summed E-state index contributed by atoms with van der Waals surface area (Å²) in [5.41, 5.74) is 0.569. The molecule has 3 aromatic carbocycles. The van der Waals surface area contributed by atoms with Crippen molar-refractivity contribution >= 4 is 64.1 Å². The van der Waals surface area contributed by atoms with Crippen LogP contribution >= 0.6 is 31.9 Å². The number of amides is 1. The molecule has 0 bridgehead atoms. The monoisotopic (exact) mass is 535 g/mol. The highest BCUT2D eigenvalue weighted by Gasteiger charge is 2.53. The lowest BCUT2D eigenvalue weighted by Gasteiger charge is -2.28. The fourth-order valence-corrected chi connectivity index (χ4v) is 7.04. The van der Waals surface area contributed by atoms with E-state index in [1.165, 1.54) is 0 Å². The standard InChI is InChI=1S/C22H19Br2NO3S/c23-16-9-10-18-15(14-16)8-11-19(20(18)24)25-21(26)22(12-4-5-13-22)29(27,28)17-6-2-1-3-7-17/h1-3,6-11,14H,4-5,12-13H2,(H,25,26). The number of carbonyl (C=O) groups is 1. The molecule has 1 aliphatic rings. The summed E-state index contributed by atoms with van der Waals surface area (Å²) in [4.78, 5) is 13.6. The van der Waals surface area contributed by atoms with E-state index in [0.717, 1.165) is 19.7 Å². The maximum absolute atomic E-state index is 13.4. The molecule has 0 aromatic heterocycles. The normalized spacial score (nSPS) is 16.1. The molecule has 3 aromatic rings. The van der Waals surface area contributed by atoms with E-state index in [-0.39, 0.29) is 4.90 Å². The molecule has 1 saturated carbocycles. The number of hydrogen-bond acceptors (Lipinski definition) is 3. The number of sulfone groups is 1. The molecular weight excluding hydrogens is 518 g/mol. The molecule has 0 radical (unpaired) electrons. The van der Waals surface area contributed by atoms with Gasteiger partial charge < -0.3 is 5.32 Å². The summed E-state index contributed by atoms with van der Waals surface area (Å²) in [6.07, 6.45) is 2.08. The van der Waals surface area contributed by atoms with Gasteiger partial charge in [-0.3, -0.25) is 4.79 Å². The van der Waals surface area contributed by atoms with Gasteiger partial charge in [-0.1, -0.05) is 59.1 Å². The second-order valence-electron chi connectivity index (χ2n) is 7.26. The molecule has 7 heteroatoms. The van der Waals surface area contributed by atoms with Gasteiger partial charge in [-0.15, -0.1) is 0 Å². The Morgan fingerprint density at radius 3 is 2.31 bits per heavy atom. The van der Waals surface area contributed by atoms with Crippen molar-refractivity contribution in [2.24, 2.45) is 0 Å². The van der Waals surface area contributed by atoms with Crippen molar-refractivity contribution in [2.45, 2.75) is 35.3 Å². The van der Waals surface area contributed by atoms with E-state index in [1.54, 1.807) is 36.4 Å². The van der Waals surface area contributed by atoms with E-state index in [9.17, 15) is 13.2 Å². The van der Waals surface area contributed by atoms with Gasteiger partial charge >= 0.3 is 0 Å². The van der Waals surface area contributed by atoms with Crippen molar-refractivity contribution in [2.75, 3.05) is 5.32 Å². The Kier molecular flexibility index (Phi) is 5.57. The highest BCUT2D eigenvalue weighted by molar-refractivity contribution is 9.11. The highest BCUT2D eigenvalue weighted by Crippen LogP contribution is 2.42. The first-order valence-corrected chi connectivity index (χ1v) is 12.4. The molecule has 4 nitrogen and oxygen atoms in total. The SMILES string of the molecule is O=C(Nc1ccc2cc(Br)ccc2c1Br)C1(S(=O)(=O)c2ccccc2)CCCC1. The summed E-state index contributed by atoms with van der Waals surface area (Å²) in [6, 6.07) is 17.8. The minimum absolute atomic E-state index is 0.194. The third-order valence-electron chi connectivity index (χ3n) is 5.56. The van der Waals surface area contributed by atoms with E-state index < -0.39 is 20.5 Å². The number of halogens is 2. The predicted molar refractivity (Wildman–Crippen MR) is 123 cm³/mol. The van der Waals surface area contributed by atoms with Crippen LogP contribution in [0.4, 0.5) is 5.69 Å². The number of hydrogen-bond donors (Lipinski definition) is 1. The third kappa shape index (κ3) is 3.53. The topological polar surface area (TPSA) is 63.2 Å². The van der Waals surface area contributed by atoms with E-state index >= 15 is 0 Å². The van der Waals surface area contributed by atoms with Gasteiger partial charge in [-0.05, 0) is 69.9 Å². The molecule has 150 valence electrons. The Balaban J connectivity index is 1.73. The summed E-state index contributed by atoms with van der Waals surface area (Å²) in [5.74, 6) is -0.462. The fraction of sp³-hybridized carbons (Fsp3) is 0.227. The Bertz CT molecular complexity index is 1190. The summed E-state index contributed by atoms with van der Waals surface area (Å²) in [7, 11) is -3.81. The van der Waals surface area contributed by atoms with Crippen molar-refractivity contribution in [3.05, 3.63) is 69.6 Å². The van der Waals surface area contributed by atoms with Gasteiger partial charge in [-0.25, -0.2) is 8.42 Å². The zero-order chi connectivity index (χ0) is 20.6.